The highest BCUT2D eigenvalue weighted by Crippen LogP contribution is 2.37. The molecule has 1 aliphatic rings. The number of fused-ring (bicyclic) bond motifs is 1. The van der Waals surface area contributed by atoms with E-state index in [1.807, 2.05) is 16.3 Å². The molecule has 0 radical (unpaired) electrons. The lowest BCUT2D eigenvalue weighted by atomic mass is 9.93. The molecule has 1 aromatic heterocycles. The molecule has 0 spiro atoms. The van der Waals surface area contributed by atoms with Crippen LogP contribution in [-0.4, -0.2) is 60.4 Å². The first kappa shape index (κ1) is 21.3. The fourth-order valence-corrected chi connectivity index (χ4v) is 4.62. The van der Waals surface area contributed by atoms with E-state index < -0.39 is 0 Å². The molecule has 0 N–H and O–H groups in total. The summed E-state index contributed by atoms with van der Waals surface area (Å²) in [6.07, 6.45) is 2.60. The molecule has 3 amide bonds. The first-order chi connectivity index (χ1) is 13.9. The molecule has 156 valence electrons. The third-order valence-corrected chi connectivity index (χ3v) is 6.23. The average Bonchev–Trinajstić information content (AvgIpc) is 3.19. The van der Waals surface area contributed by atoms with Crippen LogP contribution in [0.1, 0.15) is 41.8 Å². The number of unbranched alkanes of at least 4 members (excludes halogenated alkanes) is 1. The maximum absolute atomic E-state index is 13.5. The molecule has 29 heavy (non-hydrogen) atoms. The van der Waals surface area contributed by atoms with Gasteiger partial charge in [0.1, 0.15) is 12.4 Å². The minimum atomic E-state index is -0.296. The number of benzene rings is 1. The van der Waals surface area contributed by atoms with Crippen molar-refractivity contribution in [1.82, 2.24) is 14.7 Å². The van der Waals surface area contributed by atoms with Gasteiger partial charge < -0.3 is 14.7 Å². The van der Waals surface area contributed by atoms with Gasteiger partial charge in [-0.25, -0.2) is 9.18 Å². The van der Waals surface area contributed by atoms with Gasteiger partial charge in [-0.2, -0.15) is 0 Å². The highest BCUT2D eigenvalue weighted by Gasteiger charge is 2.34. The minimum Gasteiger partial charge on any atom is -0.331 e. The zero-order valence-electron chi connectivity index (χ0n) is 17.2. The second-order valence-electron chi connectivity index (χ2n) is 7.54. The Bertz CT molecular complexity index is 850. The van der Waals surface area contributed by atoms with Crippen LogP contribution in [0.4, 0.5) is 9.18 Å². The number of thiophene rings is 1. The highest BCUT2D eigenvalue weighted by molar-refractivity contribution is 7.10. The van der Waals surface area contributed by atoms with Crippen LogP contribution in [0.25, 0.3) is 0 Å². The fraction of sp³-hybridized carbons (Fsp3) is 0.455. The van der Waals surface area contributed by atoms with Gasteiger partial charge in [-0.15, -0.1) is 11.3 Å². The first-order valence-corrected chi connectivity index (χ1v) is 10.9. The van der Waals surface area contributed by atoms with E-state index in [4.69, 9.17) is 0 Å². The Morgan fingerprint density at radius 2 is 1.93 bits per heavy atom. The van der Waals surface area contributed by atoms with Crippen molar-refractivity contribution >= 4 is 23.3 Å². The van der Waals surface area contributed by atoms with E-state index in [0.29, 0.717) is 13.1 Å². The smallest absolute Gasteiger partial charge is 0.319 e. The van der Waals surface area contributed by atoms with Gasteiger partial charge >= 0.3 is 6.03 Å². The molecule has 7 heteroatoms. The summed E-state index contributed by atoms with van der Waals surface area (Å²) in [6, 6.07) is 8.00. The molecule has 0 saturated carbocycles. The number of carbonyl (C=O) groups excluding carboxylic acids is 2. The van der Waals surface area contributed by atoms with Crippen LogP contribution >= 0.6 is 11.3 Å². The second-order valence-corrected chi connectivity index (χ2v) is 8.54. The summed E-state index contributed by atoms with van der Waals surface area (Å²) in [5.74, 6) is -0.377. The molecular formula is C22H28FN3O2S. The Kier molecular flexibility index (Phi) is 6.90. The number of amides is 3. The van der Waals surface area contributed by atoms with Gasteiger partial charge in [0, 0.05) is 32.1 Å². The zero-order valence-corrected chi connectivity index (χ0v) is 18.0. The van der Waals surface area contributed by atoms with Gasteiger partial charge in [-0.05, 0) is 47.5 Å². The summed E-state index contributed by atoms with van der Waals surface area (Å²) < 4.78 is 13.5. The van der Waals surface area contributed by atoms with Crippen LogP contribution in [0.2, 0.25) is 0 Å². The molecule has 1 atom stereocenters. The lowest BCUT2D eigenvalue weighted by Gasteiger charge is -2.38. The Balaban J connectivity index is 1.87. The monoisotopic (exact) mass is 417 g/mol. The van der Waals surface area contributed by atoms with Gasteiger partial charge in [-0.3, -0.25) is 4.79 Å². The zero-order chi connectivity index (χ0) is 21.0. The van der Waals surface area contributed by atoms with E-state index >= 15 is 0 Å². The summed E-state index contributed by atoms with van der Waals surface area (Å²) in [5.41, 5.74) is 1.98. The van der Waals surface area contributed by atoms with E-state index in [-0.39, 0.29) is 30.3 Å². The molecule has 0 fully saturated rings. The van der Waals surface area contributed by atoms with Crippen LogP contribution in [0.3, 0.4) is 0 Å². The van der Waals surface area contributed by atoms with Gasteiger partial charge in [0.25, 0.3) is 0 Å². The molecule has 0 bridgehead atoms. The molecule has 0 saturated heterocycles. The van der Waals surface area contributed by atoms with Crippen molar-refractivity contribution in [2.45, 2.75) is 32.2 Å². The number of carbonyl (C=O) groups is 2. The van der Waals surface area contributed by atoms with Crippen LogP contribution in [-0.2, 0) is 11.2 Å². The lowest BCUT2D eigenvalue weighted by Crippen LogP contribution is -2.49. The van der Waals surface area contributed by atoms with Crippen molar-refractivity contribution in [3.05, 3.63) is 57.5 Å². The van der Waals surface area contributed by atoms with Crippen LogP contribution in [0, 0.1) is 5.82 Å². The molecule has 0 aliphatic carbocycles. The largest absolute Gasteiger partial charge is 0.331 e. The fourth-order valence-electron chi connectivity index (χ4n) is 3.72. The normalized spacial score (nSPS) is 15.7. The van der Waals surface area contributed by atoms with Gasteiger partial charge in [-0.1, -0.05) is 25.5 Å². The third kappa shape index (κ3) is 4.78. The lowest BCUT2D eigenvalue weighted by molar-refractivity contribution is -0.134. The predicted octanol–water partition coefficient (Wildman–Crippen LogP) is 4.15. The van der Waals surface area contributed by atoms with Crippen LogP contribution < -0.4 is 0 Å². The Morgan fingerprint density at radius 3 is 2.59 bits per heavy atom. The van der Waals surface area contributed by atoms with E-state index in [2.05, 4.69) is 6.92 Å². The SMILES string of the molecule is CCCCN(CC(=O)N1CCc2sccc2[C@H]1c1ccc(F)cc1)C(=O)N(C)C. The molecule has 0 unspecified atom stereocenters. The molecule has 5 nitrogen and oxygen atoms in total. The standard InChI is InChI=1S/C22H28FN3O2S/c1-4-5-12-25(22(28)24(2)3)15-20(27)26-13-10-19-18(11-14-29-19)21(26)16-6-8-17(23)9-7-16/h6-9,11,14,21H,4-5,10,12-13,15H2,1-3H3/t21-/m1/s1. The molecule has 2 aromatic rings. The first-order valence-electron chi connectivity index (χ1n) is 9.99. The molecule has 1 aliphatic heterocycles. The second kappa shape index (κ2) is 9.39. The number of hydrogen-bond acceptors (Lipinski definition) is 3. The van der Waals surface area contributed by atoms with E-state index in [0.717, 1.165) is 30.4 Å². The number of urea groups is 1. The van der Waals surface area contributed by atoms with E-state index in [1.54, 1.807) is 42.5 Å². The number of halogens is 1. The third-order valence-electron chi connectivity index (χ3n) is 5.23. The highest BCUT2D eigenvalue weighted by atomic mass is 32.1. The van der Waals surface area contributed by atoms with Crippen LogP contribution in [0.15, 0.2) is 35.7 Å². The van der Waals surface area contributed by atoms with Gasteiger partial charge in [0.05, 0.1) is 6.04 Å². The van der Waals surface area contributed by atoms with Crippen molar-refractivity contribution < 1.29 is 14.0 Å². The maximum atomic E-state index is 13.5. The summed E-state index contributed by atoms with van der Waals surface area (Å²) >= 11 is 1.69. The Labute approximate surface area is 175 Å². The number of nitrogens with zero attached hydrogens (tertiary/aromatic N) is 3. The summed E-state index contributed by atoms with van der Waals surface area (Å²) in [4.78, 5) is 32.1. The quantitative estimate of drug-likeness (QED) is 0.709. The topological polar surface area (TPSA) is 43.9 Å². The minimum absolute atomic E-state index is 0.0498. The average molecular weight is 418 g/mol. The number of rotatable bonds is 6. The molecule has 2 heterocycles. The van der Waals surface area contributed by atoms with E-state index in [9.17, 15) is 14.0 Å². The molecule has 1 aromatic carbocycles. The Hall–Kier alpha value is -2.41. The van der Waals surface area contributed by atoms with Crippen molar-refractivity contribution in [1.29, 1.82) is 0 Å². The van der Waals surface area contributed by atoms with Crippen molar-refractivity contribution in [2.24, 2.45) is 0 Å². The molecular weight excluding hydrogens is 389 g/mol. The van der Waals surface area contributed by atoms with Gasteiger partial charge in [0.2, 0.25) is 5.91 Å². The maximum Gasteiger partial charge on any atom is 0.319 e. The number of hydrogen-bond donors (Lipinski definition) is 0. The Morgan fingerprint density at radius 1 is 1.21 bits per heavy atom. The van der Waals surface area contributed by atoms with E-state index in [1.165, 1.54) is 21.9 Å². The summed E-state index contributed by atoms with van der Waals surface area (Å²) in [7, 11) is 3.40. The molecule has 3 rings (SSSR count). The van der Waals surface area contributed by atoms with Crippen molar-refractivity contribution in [3.63, 3.8) is 0 Å². The predicted molar refractivity (Wildman–Crippen MR) is 114 cm³/mol. The summed E-state index contributed by atoms with van der Waals surface area (Å²) in [5, 5.41) is 2.04. The van der Waals surface area contributed by atoms with Crippen LogP contribution in [0.5, 0.6) is 0 Å². The van der Waals surface area contributed by atoms with Crippen molar-refractivity contribution in [2.75, 3.05) is 33.7 Å². The summed E-state index contributed by atoms with van der Waals surface area (Å²) in [6.45, 7) is 3.26. The van der Waals surface area contributed by atoms with Gasteiger partial charge in [0.15, 0.2) is 0 Å². The van der Waals surface area contributed by atoms with Crippen molar-refractivity contribution in [3.8, 4) is 0 Å².